The van der Waals surface area contributed by atoms with Crippen LogP contribution in [0.4, 0.5) is 5.69 Å². The van der Waals surface area contributed by atoms with Crippen molar-refractivity contribution in [1.82, 2.24) is 0 Å². The van der Waals surface area contributed by atoms with Gasteiger partial charge < -0.3 is 5.32 Å². The second-order valence-electron chi connectivity index (χ2n) is 6.76. The highest BCUT2D eigenvalue weighted by Gasteiger charge is 2.18. The standard InChI is InChI=1S/C21H27N/c1-16-8-11-18(12-9-16)15-22-21-13-10-17(2)14-20(21)19-6-4-3-5-7-19/h8-14,19,22H,3-7,15H2,1-2H3. The van der Waals surface area contributed by atoms with Crippen molar-refractivity contribution in [1.29, 1.82) is 0 Å². The van der Waals surface area contributed by atoms with Gasteiger partial charge in [0.15, 0.2) is 0 Å². The number of hydrogen-bond acceptors (Lipinski definition) is 1. The lowest BCUT2D eigenvalue weighted by molar-refractivity contribution is 0.444. The van der Waals surface area contributed by atoms with Crippen LogP contribution in [0.2, 0.25) is 0 Å². The SMILES string of the molecule is Cc1ccc(CNc2ccc(C)cc2C2CCCCC2)cc1. The van der Waals surface area contributed by atoms with Crippen molar-refractivity contribution in [2.75, 3.05) is 5.32 Å². The second-order valence-corrected chi connectivity index (χ2v) is 6.76. The van der Waals surface area contributed by atoms with Crippen LogP contribution in [0.25, 0.3) is 0 Å². The van der Waals surface area contributed by atoms with Crippen LogP contribution in [-0.4, -0.2) is 0 Å². The molecule has 0 spiro atoms. The molecular formula is C21H27N. The minimum absolute atomic E-state index is 0.745. The van der Waals surface area contributed by atoms with E-state index in [0.29, 0.717) is 0 Å². The number of nitrogens with one attached hydrogen (secondary N) is 1. The van der Waals surface area contributed by atoms with Crippen LogP contribution in [0.5, 0.6) is 0 Å². The minimum atomic E-state index is 0.745. The molecule has 1 nitrogen and oxygen atoms in total. The van der Waals surface area contributed by atoms with Gasteiger partial charge in [0, 0.05) is 12.2 Å². The minimum Gasteiger partial charge on any atom is -0.381 e. The Hall–Kier alpha value is -1.76. The summed E-state index contributed by atoms with van der Waals surface area (Å²) in [7, 11) is 0. The van der Waals surface area contributed by atoms with Gasteiger partial charge in [-0.1, -0.05) is 66.8 Å². The van der Waals surface area contributed by atoms with Crippen molar-refractivity contribution in [2.24, 2.45) is 0 Å². The molecule has 1 fully saturated rings. The molecule has 0 saturated heterocycles. The van der Waals surface area contributed by atoms with E-state index in [9.17, 15) is 0 Å². The zero-order valence-corrected chi connectivity index (χ0v) is 13.9. The summed E-state index contributed by atoms with van der Waals surface area (Å²) in [6.45, 7) is 5.25. The number of anilines is 1. The quantitative estimate of drug-likeness (QED) is 0.733. The summed E-state index contributed by atoms with van der Waals surface area (Å²) < 4.78 is 0. The fourth-order valence-electron chi connectivity index (χ4n) is 3.50. The lowest BCUT2D eigenvalue weighted by Crippen LogP contribution is -2.09. The summed E-state index contributed by atoms with van der Waals surface area (Å²) in [6, 6.07) is 15.7. The Kier molecular flexibility index (Phi) is 4.82. The van der Waals surface area contributed by atoms with Crippen molar-refractivity contribution < 1.29 is 0 Å². The molecule has 0 aliphatic heterocycles. The Bertz CT molecular complexity index is 606. The third-order valence-electron chi connectivity index (χ3n) is 4.86. The smallest absolute Gasteiger partial charge is 0.0400 e. The summed E-state index contributed by atoms with van der Waals surface area (Å²) in [5.41, 5.74) is 6.91. The van der Waals surface area contributed by atoms with E-state index >= 15 is 0 Å². The first-order chi connectivity index (χ1) is 10.7. The fraction of sp³-hybridized carbons (Fsp3) is 0.429. The van der Waals surface area contributed by atoms with E-state index in [1.807, 2.05) is 0 Å². The first-order valence-electron chi connectivity index (χ1n) is 8.62. The molecule has 0 aromatic heterocycles. The average Bonchev–Trinajstić information content (AvgIpc) is 2.56. The maximum Gasteiger partial charge on any atom is 0.0400 e. The average molecular weight is 293 g/mol. The molecule has 116 valence electrons. The van der Waals surface area contributed by atoms with Crippen molar-refractivity contribution in [3.63, 3.8) is 0 Å². The third kappa shape index (κ3) is 3.71. The number of hydrogen-bond donors (Lipinski definition) is 1. The zero-order chi connectivity index (χ0) is 15.4. The molecular weight excluding hydrogens is 266 g/mol. The monoisotopic (exact) mass is 293 g/mol. The van der Waals surface area contributed by atoms with Crippen LogP contribution < -0.4 is 5.32 Å². The predicted octanol–water partition coefficient (Wildman–Crippen LogP) is 5.96. The van der Waals surface area contributed by atoms with E-state index in [0.717, 1.165) is 12.5 Å². The molecule has 22 heavy (non-hydrogen) atoms. The van der Waals surface area contributed by atoms with E-state index in [-0.39, 0.29) is 0 Å². The lowest BCUT2D eigenvalue weighted by atomic mass is 9.83. The van der Waals surface area contributed by atoms with Gasteiger partial charge in [0.2, 0.25) is 0 Å². The van der Waals surface area contributed by atoms with E-state index in [2.05, 4.69) is 61.6 Å². The molecule has 3 rings (SSSR count). The lowest BCUT2D eigenvalue weighted by Gasteiger charge is -2.25. The first-order valence-corrected chi connectivity index (χ1v) is 8.62. The zero-order valence-electron chi connectivity index (χ0n) is 13.9. The molecule has 2 aromatic rings. The van der Waals surface area contributed by atoms with Crippen LogP contribution in [0, 0.1) is 13.8 Å². The Morgan fingerprint density at radius 1 is 0.864 bits per heavy atom. The molecule has 1 N–H and O–H groups in total. The van der Waals surface area contributed by atoms with Crippen molar-refractivity contribution >= 4 is 5.69 Å². The van der Waals surface area contributed by atoms with E-state index in [1.165, 1.54) is 60.0 Å². The Labute approximate surface area is 134 Å². The molecule has 0 amide bonds. The molecule has 0 unspecified atom stereocenters. The normalized spacial score (nSPS) is 15.7. The third-order valence-corrected chi connectivity index (χ3v) is 4.86. The number of benzene rings is 2. The second kappa shape index (κ2) is 7.00. The summed E-state index contributed by atoms with van der Waals surface area (Å²) in [4.78, 5) is 0. The predicted molar refractivity (Wildman–Crippen MR) is 95.5 cm³/mol. The first kappa shape index (κ1) is 15.1. The van der Waals surface area contributed by atoms with E-state index < -0.39 is 0 Å². The molecule has 1 heteroatoms. The molecule has 0 atom stereocenters. The molecule has 1 aliphatic rings. The largest absolute Gasteiger partial charge is 0.381 e. The van der Waals surface area contributed by atoms with Gasteiger partial charge in [0.1, 0.15) is 0 Å². The van der Waals surface area contributed by atoms with Gasteiger partial charge in [-0.05, 0) is 49.8 Å². The number of aryl methyl sites for hydroxylation is 2. The van der Waals surface area contributed by atoms with Gasteiger partial charge >= 0.3 is 0 Å². The van der Waals surface area contributed by atoms with E-state index in [1.54, 1.807) is 0 Å². The highest BCUT2D eigenvalue weighted by atomic mass is 14.9. The molecule has 0 radical (unpaired) electrons. The molecule has 1 aliphatic carbocycles. The summed E-state index contributed by atoms with van der Waals surface area (Å²) in [6.07, 6.45) is 6.88. The van der Waals surface area contributed by atoms with Gasteiger partial charge in [0.25, 0.3) is 0 Å². The summed E-state index contributed by atoms with van der Waals surface area (Å²) in [5.74, 6) is 0.745. The summed E-state index contributed by atoms with van der Waals surface area (Å²) in [5, 5.41) is 3.67. The van der Waals surface area contributed by atoms with Crippen LogP contribution >= 0.6 is 0 Å². The molecule has 1 saturated carbocycles. The van der Waals surface area contributed by atoms with Gasteiger partial charge in [-0.3, -0.25) is 0 Å². The van der Waals surface area contributed by atoms with Crippen molar-refractivity contribution in [2.45, 2.75) is 58.4 Å². The fourth-order valence-corrected chi connectivity index (χ4v) is 3.50. The van der Waals surface area contributed by atoms with Crippen LogP contribution in [0.15, 0.2) is 42.5 Å². The van der Waals surface area contributed by atoms with Gasteiger partial charge in [-0.25, -0.2) is 0 Å². The van der Waals surface area contributed by atoms with Gasteiger partial charge in [-0.15, -0.1) is 0 Å². The van der Waals surface area contributed by atoms with Crippen molar-refractivity contribution in [3.8, 4) is 0 Å². The maximum absolute atomic E-state index is 3.67. The van der Waals surface area contributed by atoms with Gasteiger partial charge in [0.05, 0.1) is 0 Å². The molecule has 2 aromatic carbocycles. The molecule has 0 bridgehead atoms. The van der Waals surface area contributed by atoms with E-state index in [4.69, 9.17) is 0 Å². The maximum atomic E-state index is 3.67. The topological polar surface area (TPSA) is 12.0 Å². The van der Waals surface area contributed by atoms with Crippen LogP contribution in [-0.2, 0) is 6.54 Å². The molecule has 0 heterocycles. The van der Waals surface area contributed by atoms with Crippen LogP contribution in [0.3, 0.4) is 0 Å². The highest BCUT2D eigenvalue weighted by molar-refractivity contribution is 5.54. The number of rotatable bonds is 4. The van der Waals surface area contributed by atoms with Gasteiger partial charge in [-0.2, -0.15) is 0 Å². The highest BCUT2D eigenvalue weighted by Crippen LogP contribution is 2.37. The summed E-state index contributed by atoms with van der Waals surface area (Å²) >= 11 is 0. The Morgan fingerprint density at radius 3 is 2.27 bits per heavy atom. The van der Waals surface area contributed by atoms with Crippen molar-refractivity contribution in [3.05, 3.63) is 64.7 Å². The Balaban J connectivity index is 1.76. The van der Waals surface area contributed by atoms with Crippen LogP contribution in [0.1, 0.15) is 60.3 Å². The Morgan fingerprint density at radius 2 is 1.55 bits per heavy atom.